The van der Waals surface area contributed by atoms with Gasteiger partial charge in [-0.15, -0.1) is 0 Å². The van der Waals surface area contributed by atoms with Gasteiger partial charge in [-0.05, 0) is 36.8 Å². The average molecular weight is 496 g/mol. The second kappa shape index (κ2) is 10.8. The van der Waals surface area contributed by atoms with E-state index in [1.165, 1.54) is 4.31 Å². The molecule has 1 aliphatic rings. The van der Waals surface area contributed by atoms with Crippen molar-refractivity contribution < 1.29 is 18.0 Å². The van der Waals surface area contributed by atoms with E-state index in [1.54, 1.807) is 47.8 Å². The van der Waals surface area contributed by atoms with E-state index in [-0.39, 0.29) is 48.7 Å². The maximum absolute atomic E-state index is 12.7. The second-order valence-corrected chi connectivity index (χ2v) is 10.4. The largest absolute Gasteiger partial charge is 0.350 e. The Hall–Kier alpha value is -3.50. The number of sulfonamides is 1. The Morgan fingerprint density at radius 2 is 1.66 bits per heavy atom. The lowest BCUT2D eigenvalue weighted by molar-refractivity contribution is -0.134. The first kappa shape index (κ1) is 24.6. The van der Waals surface area contributed by atoms with Crippen LogP contribution in [-0.4, -0.2) is 65.2 Å². The Kier molecular flexibility index (Phi) is 7.62. The lowest BCUT2D eigenvalue weighted by Crippen LogP contribution is -2.50. The molecule has 0 radical (unpaired) electrons. The number of piperazine rings is 1. The molecule has 2 heterocycles. The zero-order valence-corrected chi connectivity index (χ0v) is 20.4. The summed E-state index contributed by atoms with van der Waals surface area (Å²) >= 11 is 0. The van der Waals surface area contributed by atoms with Gasteiger partial charge in [0.05, 0.1) is 17.3 Å². The number of imidazole rings is 1. The lowest BCUT2D eigenvalue weighted by atomic mass is 10.1. The SMILES string of the molecule is CC(NC(=O)CCC(=O)N1CCN(S(=O)(=O)c2ccccc2)CC1)c1ccc(-n2ccnc2)cc1. The van der Waals surface area contributed by atoms with E-state index < -0.39 is 10.0 Å². The minimum Gasteiger partial charge on any atom is -0.350 e. The maximum atomic E-state index is 12.7. The average Bonchev–Trinajstić information content (AvgIpc) is 3.43. The summed E-state index contributed by atoms with van der Waals surface area (Å²) in [6.07, 6.45) is 5.46. The number of nitrogens with one attached hydrogen (secondary N) is 1. The number of hydrogen-bond acceptors (Lipinski definition) is 5. The monoisotopic (exact) mass is 495 g/mol. The summed E-state index contributed by atoms with van der Waals surface area (Å²) in [5.41, 5.74) is 1.94. The first-order chi connectivity index (χ1) is 16.8. The highest BCUT2D eigenvalue weighted by atomic mass is 32.2. The van der Waals surface area contributed by atoms with Crippen LogP contribution in [-0.2, 0) is 19.6 Å². The van der Waals surface area contributed by atoms with Crippen molar-refractivity contribution in [3.05, 3.63) is 78.9 Å². The number of amides is 2. The smallest absolute Gasteiger partial charge is 0.243 e. The van der Waals surface area contributed by atoms with E-state index in [0.29, 0.717) is 13.1 Å². The van der Waals surface area contributed by atoms with Crippen molar-refractivity contribution in [1.29, 1.82) is 0 Å². The molecule has 184 valence electrons. The molecule has 2 amide bonds. The molecule has 0 aliphatic carbocycles. The number of carbonyl (C=O) groups is 2. The third kappa shape index (κ3) is 5.95. The number of carbonyl (C=O) groups excluding carboxylic acids is 2. The third-order valence-corrected chi connectivity index (χ3v) is 8.02. The molecular formula is C25H29N5O4S. The van der Waals surface area contributed by atoms with Crippen LogP contribution >= 0.6 is 0 Å². The van der Waals surface area contributed by atoms with Crippen LogP contribution in [0, 0.1) is 0 Å². The molecule has 3 aromatic rings. The molecule has 1 N–H and O–H groups in total. The summed E-state index contributed by atoms with van der Waals surface area (Å²) in [4.78, 5) is 30.9. The van der Waals surface area contributed by atoms with Crippen LogP contribution in [0.1, 0.15) is 31.4 Å². The molecule has 1 fully saturated rings. The van der Waals surface area contributed by atoms with Crippen LogP contribution in [0.2, 0.25) is 0 Å². The fraction of sp³-hybridized carbons (Fsp3) is 0.320. The van der Waals surface area contributed by atoms with Crippen molar-refractivity contribution in [3.63, 3.8) is 0 Å². The normalized spacial score (nSPS) is 15.5. The van der Waals surface area contributed by atoms with Gasteiger partial charge >= 0.3 is 0 Å². The van der Waals surface area contributed by atoms with Gasteiger partial charge in [0.15, 0.2) is 0 Å². The Morgan fingerprint density at radius 3 is 2.29 bits per heavy atom. The molecule has 1 unspecified atom stereocenters. The minimum absolute atomic E-state index is 0.0822. The van der Waals surface area contributed by atoms with Crippen LogP contribution in [0.15, 0.2) is 78.2 Å². The lowest BCUT2D eigenvalue weighted by Gasteiger charge is -2.34. The van der Waals surface area contributed by atoms with Gasteiger partial charge in [-0.3, -0.25) is 9.59 Å². The zero-order chi connectivity index (χ0) is 24.8. The molecule has 0 spiro atoms. The van der Waals surface area contributed by atoms with Crippen molar-refractivity contribution in [3.8, 4) is 5.69 Å². The zero-order valence-electron chi connectivity index (χ0n) is 19.6. The van der Waals surface area contributed by atoms with Gasteiger partial charge in [0.1, 0.15) is 0 Å². The highest BCUT2D eigenvalue weighted by Crippen LogP contribution is 2.18. The second-order valence-electron chi connectivity index (χ2n) is 8.45. The van der Waals surface area contributed by atoms with Gasteiger partial charge in [0.25, 0.3) is 0 Å². The van der Waals surface area contributed by atoms with Crippen molar-refractivity contribution in [1.82, 2.24) is 24.1 Å². The molecule has 1 aliphatic heterocycles. The van der Waals surface area contributed by atoms with E-state index in [4.69, 9.17) is 0 Å². The quantitative estimate of drug-likeness (QED) is 0.517. The molecule has 4 rings (SSSR count). The van der Waals surface area contributed by atoms with Crippen LogP contribution in [0.25, 0.3) is 5.69 Å². The summed E-state index contributed by atoms with van der Waals surface area (Å²) < 4.78 is 28.8. The minimum atomic E-state index is -3.57. The van der Waals surface area contributed by atoms with E-state index >= 15 is 0 Å². The fourth-order valence-corrected chi connectivity index (χ4v) is 5.49. The number of hydrogen-bond donors (Lipinski definition) is 1. The van der Waals surface area contributed by atoms with Gasteiger partial charge in [0, 0.05) is 57.1 Å². The summed E-state index contributed by atoms with van der Waals surface area (Å²) in [5, 5.41) is 2.94. The molecule has 1 saturated heterocycles. The Balaban J connectivity index is 1.22. The molecule has 10 heteroatoms. The topological polar surface area (TPSA) is 105 Å². The molecule has 9 nitrogen and oxygen atoms in total. The highest BCUT2D eigenvalue weighted by Gasteiger charge is 2.30. The van der Waals surface area contributed by atoms with Gasteiger partial charge in [-0.1, -0.05) is 30.3 Å². The van der Waals surface area contributed by atoms with Gasteiger partial charge < -0.3 is 14.8 Å². The number of benzene rings is 2. The predicted molar refractivity (Wildman–Crippen MR) is 131 cm³/mol. The summed E-state index contributed by atoms with van der Waals surface area (Å²) in [5.74, 6) is -0.343. The molecular weight excluding hydrogens is 466 g/mol. The van der Waals surface area contributed by atoms with Crippen LogP contribution < -0.4 is 5.32 Å². The summed E-state index contributed by atoms with van der Waals surface area (Å²) in [6, 6.07) is 15.9. The molecule has 1 atom stereocenters. The number of rotatable bonds is 8. The molecule has 0 bridgehead atoms. The standard InChI is InChI=1S/C25H29N5O4S/c1-20(21-7-9-22(10-8-21)29-14-13-26-19-29)27-24(31)11-12-25(32)28-15-17-30(18-16-28)35(33,34)23-5-3-2-4-6-23/h2-10,13-14,19-20H,11-12,15-18H2,1H3,(H,27,31). The Bertz CT molecular complexity index is 1240. The molecule has 0 saturated carbocycles. The summed E-state index contributed by atoms with van der Waals surface area (Å²) in [6.45, 7) is 3.00. The van der Waals surface area contributed by atoms with Crippen LogP contribution in [0.5, 0.6) is 0 Å². The number of nitrogens with zero attached hydrogens (tertiary/aromatic N) is 4. The Morgan fingerprint density at radius 1 is 0.971 bits per heavy atom. The van der Waals surface area contributed by atoms with E-state index in [0.717, 1.165) is 11.3 Å². The number of aromatic nitrogens is 2. The maximum Gasteiger partial charge on any atom is 0.243 e. The van der Waals surface area contributed by atoms with Crippen LogP contribution in [0.3, 0.4) is 0 Å². The predicted octanol–water partition coefficient (Wildman–Crippen LogP) is 2.36. The fourth-order valence-electron chi connectivity index (χ4n) is 4.04. The third-order valence-electron chi connectivity index (χ3n) is 6.11. The first-order valence-corrected chi connectivity index (χ1v) is 13.0. The van der Waals surface area contributed by atoms with Crippen molar-refractivity contribution in [2.45, 2.75) is 30.7 Å². The van der Waals surface area contributed by atoms with Crippen molar-refractivity contribution in [2.24, 2.45) is 0 Å². The van der Waals surface area contributed by atoms with E-state index in [1.807, 2.05) is 42.0 Å². The van der Waals surface area contributed by atoms with Gasteiger partial charge in [-0.25, -0.2) is 13.4 Å². The first-order valence-electron chi connectivity index (χ1n) is 11.6. The van der Waals surface area contributed by atoms with Crippen LogP contribution in [0.4, 0.5) is 0 Å². The Labute approximate surface area is 205 Å². The van der Waals surface area contributed by atoms with Gasteiger partial charge in [-0.2, -0.15) is 4.31 Å². The highest BCUT2D eigenvalue weighted by molar-refractivity contribution is 7.89. The van der Waals surface area contributed by atoms with E-state index in [9.17, 15) is 18.0 Å². The van der Waals surface area contributed by atoms with Crippen molar-refractivity contribution >= 4 is 21.8 Å². The summed E-state index contributed by atoms with van der Waals surface area (Å²) in [7, 11) is -3.57. The molecule has 35 heavy (non-hydrogen) atoms. The molecule has 1 aromatic heterocycles. The van der Waals surface area contributed by atoms with Crippen molar-refractivity contribution in [2.75, 3.05) is 26.2 Å². The van der Waals surface area contributed by atoms with E-state index in [2.05, 4.69) is 10.3 Å². The molecule has 2 aromatic carbocycles. The van der Waals surface area contributed by atoms with Gasteiger partial charge in [0.2, 0.25) is 21.8 Å².